The molecule has 0 aliphatic heterocycles. The fraction of sp³-hybridized carbons (Fsp3) is 0.667. The molecule has 2 aromatic rings. The van der Waals surface area contributed by atoms with Crippen LogP contribution in [0.25, 0.3) is 11.1 Å². The Morgan fingerprint density at radius 2 is 0.833 bits per heavy atom. The quantitative estimate of drug-likeness (QED) is 0.186. The predicted molar refractivity (Wildman–Crippen MR) is 187 cm³/mol. The molecule has 238 valence electrons. The molecule has 4 nitrogen and oxygen atoms in total. The van der Waals surface area contributed by atoms with E-state index in [0.29, 0.717) is 22.6 Å². The van der Waals surface area contributed by atoms with Gasteiger partial charge in [-0.3, -0.25) is 0 Å². The number of rotatable bonds is 15. The lowest BCUT2D eigenvalue weighted by Crippen LogP contribution is -2.18. The van der Waals surface area contributed by atoms with Crippen LogP contribution in [0.15, 0.2) is 24.3 Å². The minimum absolute atomic E-state index is 0.0463. The Hall–Kier alpha value is -1.50. The first-order chi connectivity index (χ1) is 19.4. The summed E-state index contributed by atoms with van der Waals surface area (Å²) >= 11 is 0. The first kappa shape index (κ1) is 36.7. The van der Waals surface area contributed by atoms with Crippen LogP contribution in [-0.4, -0.2) is 36.9 Å². The minimum Gasteiger partial charge on any atom is -0.493 e. The Morgan fingerprint density at radius 3 is 1.05 bits per heavy atom. The van der Waals surface area contributed by atoms with Crippen molar-refractivity contribution < 1.29 is 18.5 Å². The van der Waals surface area contributed by atoms with Crippen LogP contribution in [0, 0.1) is 0 Å². The number of hydrogen-bond donors (Lipinski definition) is 0. The van der Waals surface area contributed by atoms with Gasteiger partial charge in [0.2, 0.25) is 0 Å². The van der Waals surface area contributed by atoms with Gasteiger partial charge in [-0.05, 0) is 59.1 Å². The van der Waals surface area contributed by atoms with Crippen LogP contribution in [0.3, 0.4) is 0 Å². The summed E-state index contributed by atoms with van der Waals surface area (Å²) in [5.41, 5.74) is 5.98. The Morgan fingerprint density at radius 1 is 0.548 bits per heavy atom. The molecule has 6 heteroatoms. The second-order valence-electron chi connectivity index (χ2n) is 13.9. The van der Waals surface area contributed by atoms with Crippen LogP contribution in [0.2, 0.25) is 0 Å². The van der Waals surface area contributed by atoms with Crippen molar-refractivity contribution in [3.05, 3.63) is 35.4 Å². The Bertz CT molecular complexity index is 1060. The molecule has 2 rings (SSSR count). The number of benzene rings is 2. The summed E-state index contributed by atoms with van der Waals surface area (Å²) in [6.07, 6.45) is 2.00. The van der Waals surface area contributed by atoms with Crippen molar-refractivity contribution in [3.8, 4) is 34.1 Å². The van der Waals surface area contributed by atoms with Gasteiger partial charge in [-0.15, -0.1) is 0 Å². The molecule has 0 saturated carbocycles. The molecule has 0 N–H and O–H groups in total. The molecule has 0 heterocycles. The van der Waals surface area contributed by atoms with Crippen LogP contribution in [0.5, 0.6) is 23.0 Å². The average Bonchev–Trinajstić information content (AvgIpc) is 2.92. The lowest BCUT2D eigenvalue weighted by molar-refractivity contribution is 0.391. The standard InChI is InChI=1S/C36H60O4P2/c1-17-35(11,12)27-19-29(33(31(21-27)37-15)39-41(23(3)4)24(5)6)30-20-28(36(13,14)18-2)22-32(38-16)34(30)40-42(25(7)8)26(9)10/h19-26H,17-18H2,1-16H3. The van der Waals surface area contributed by atoms with E-state index in [2.05, 4.69) is 121 Å². The summed E-state index contributed by atoms with van der Waals surface area (Å²) < 4.78 is 26.4. The highest BCUT2D eigenvalue weighted by Gasteiger charge is 2.32. The van der Waals surface area contributed by atoms with Gasteiger partial charge in [-0.2, -0.15) is 0 Å². The summed E-state index contributed by atoms with van der Waals surface area (Å²) in [5.74, 6) is 3.16. The van der Waals surface area contributed by atoms with Crippen molar-refractivity contribution in [1.29, 1.82) is 0 Å². The van der Waals surface area contributed by atoms with Crippen molar-refractivity contribution in [2.75, 3.05) is 14.2 Å². The van der Waals surface area contributed by atoms with E-state index < -0.39 is 16.3 Å². The maximum Gasteiger partial charge on any atom is 0.173 e. The van der Waals surface area contributed by atoms with E-state index in [1.807, 2.05) is 0 Å². The van der Waals surface area contributed by atoms with E-state index in [1.165, 1.54) is 11.1 Å². The lowest BCUT2D eigenvalue weighted by Gasteiger charge is -2.33. The molecule has 0 aliphatic rings. The molecule has 0 unspecified atom stereocenters. The molecule has 0 atom stereocenters. The second kappa shape index (κ2) is 15.0. The van der Waals surface area contributed by atoms with E-state index in [-0.39, 0.29) is 10.8 Å². The molecular formula is C36H60O4P2. The Labute approximate surface area is 261 Å². The molecule has 0 amide bonds. The van der Waals surface area contributed by atoms with Gasteiger partial charge in [0.25, 0.3) is 0 Å². The zero-order valence-electron chi connectivity index (χ0n) is 29.6. The molecule has 0 radical (unpaired) electrons. The smallest absolute Gasteiger partial charge is 0.173 e. The molecule has 0 fully saturated rings. The molecular weight excluding hydrogens is 558 g/mol. The third kappa shape index (κ3) is 8.35. The van der Waals surface area contributed by atoms with Crippen LogP contribution >= 0.6 is 16.3 Å². The minimum atomic E-state index is -0.764. The van der Waals surface area contributed by atoms with Gasteiger partial charge in [0.1, 0.15) is 0 Å². The summed E-state index contributed by atoms with van der Waals surface area (Å²) in [7, 11) is 1.99. The maximum absolute atomic E-state index is 7.08. The number of methoxy groups -OCH3 is 2. The van der Waals surface area contributed by atoms with Crippen LogP contribution < -0.4 is 18.5 Å². The first-order valence-corrected chi connectivity index (χ1v) is 18.6. The third-order valence-electron chi connectivity index (χ3n) is 8.60. The fourth-order valence-corrected chi connectivity index (χ4v) is 9.14. The Balaban J connectivity index is 3.16. The van der Waals surface area contributed by atoms with Gasteiger partial charge in [-0.1, -0.05) is 96.9 Å². The Kier molecular flexibility index (Phi) is 13.1. The van der Waals surface area contributed by atoms with Crippen molar-refractivity contribution >= 4 is 16.3 Å². The summed E-state index contributed by atoms with van der Waals surface area (Å²) in [6, 6.07) is 9.02. The van der Waals surface area contributed by atoms with Gasteiger partial charge >= 0.3 is 0 Å². The van der Waals surface area contributed by atoms with Crippen molar-refractivity contribution in [2.24, 2.45) is 0 Å². The van der Waals surface area contributed by atoms with Crippen molar-refractivity contribution in [3.63, 3.8) is 0 Å². The zero-order valence-corrected chi connectivity index (χ0v) is 31.3. The monoisotopic (exact) mass is 618 g/mol. The van der Waals surface area contributed by atoms with Crippen molar-refractivity contribution in [1.82, 2.24) is 0 Å². The first-order valence-electron chi connectivity index (χ1n) is 15.8. The second-order valence-corrected chi connectivity index (χ2v) is 19.8. The highest BCUT2D eigenvalue weighted by Crippen LogP contribution is 2.58. The SMILES string of the molecule is CCC(C)(C)c1cc(OC)c(OP(C(C)C)C(C)C)c(-c2cc(C(C)(C)CC)cc(OC)c2OP(C(C)C)C(C)C)c1. The highest BCUT2D eigenvalue weighted by molar-refractivity contribution is 7.54. The van der Waals surface area contributed by atoms with Gasteiger partial charge in [0, 0.05) is 33.8 Å². The average molecular weight is 619 g/mol. The molecule has 0 aromatic heterocycles. The van der Waals surface area contributed by atoms with Crippen molar-refractivity contribution in [2.45, 2.75) is 143 Å². The molecule has 0 aliphatic carbocycles. The van der Waals surface area contributed by atoms with E-state index in [0.717, 1.165) is 47.0 Å². The van der Waals surface area contributed by atoms with Crippen LogP contribution in [0.4, 0.5) is 0 Å². The third-order valence-corrected chi connectivity index (χ3v) is 13.5. The van der Waals surface area contributed by atoms with Gasteiger partial charge < -0.3 is 18.5 Å². The van der Waals surface area contributed by atoms with Crippen LogP contribution in [-0.2, 0) is 10.8 Å². The van der Waals surface area contributed by atoms with E-state index in [4.69, 9.17) is 18.5 Å². The van der Waals surface area contributed by atoms with Gasteiger partial charge in [0.15, 0.2) is 23.0 Å². The van der Waals surface area contributed by atoms with E-state index >= 15 is 0 Å². The topological polar surface area (TPSA) is 36.9 Å². The predicted octanol–water partition coefficient (Wildman–Crippen LogP) is 11.9. The van der Waals surface area contributed by atoms with Gasteiger partial charge in [0.05, 0.1) is 30.5 Å². The molecule has 0 bridgehead atoms. The highest BCUT2D eigenvalue weighted by atomic mass is 31.1. The zero-order chi connectivity index (χ0) is 32.2. The summed E-state index contributed by atoms with van der Waals surface area (Å²) in [6.45, 7) is 31.7. The molecule has 0 saturated heterocycles. The molecule has 0 spiro atoms. The number of ether oxygens (including phenoxy) is 2. The van der Waals surface area contributed by atoms with Gasteiger partial charge in [-0.25, -0.2) is 0 Å². The summed E-state index contributed by atoms with van der Waals surface area (Å²) in [5, 5.41) is 0. The normalized spacial score (nSPS) is 12.8. The van der Waals surface area contributed by atoms with E-state index in [9.17, 15) is 0 Å². The fourth-order valence-electron chi connectivity index (χ4n) is 5.11. The number of hydrogen-bond acceptors (Lipinski definition) is 4. The van der Waals surface area contributed by atoms with Crippen LogP contribution in [0.1, 0.15) is 121 Å². The lowest BCUT2D eigenvalue weighted by atomic mass is 9.79. The maximum atomic E-state index is 7.08. The van der Waals surface area contributed by atoms with E-state index in [1.54, 1.807) is 14.2 Å². The molecule has 42 heavy (non-hydrogen) atoms. The molecule has 2 aromatic carbocycles. The summed E-state index contributed by atoms with van der Waals surface area (Å²) in [4.78, 5) is 0. The largest absolute Gasteiger partial charge is 0.493 e.